The summed E-state index contributed by atoms with van der Waals surface area (Å²) in [5.41, 5.74) is -0.626. The van der Waals surface area contributed by atoms with Crippen LogP contribution in [0.4, 0.5) is 11.4 Å². The van der Waals surface area contributed by atoms with Crippen molar-refractivity contribution in [3.8, 4) is 5.75 Å². The molecule has 0 aliphatic carbocycles. The molecule has 2 unspecified atom stereocenters. The SMILES string of the molecule is C[N+](C)(C)CC(CC(=O)O)OP(=O)(O)OCCCCCCCCOc1cc([N+](=O)[O-])ccc1[N+](=O)[O-]. The average molecular weight is 536 g/mol. The van der Waals surface area contributed by atoms with Crippen LogP contribution in [0.5, 0.6) is 5.75 Å². The highest BCUT2D eigenvalue weighted by Gasteiger charge is 2.31. The number of aliphatic carboxylic acids is 1. The van der Waals surface area contributed by atoms with Crippen molar-refractivity contribution in [3.05, 3.63) is 38.4 Å². The maximum absolute atomic E-state index is 12.2. The summed E-state index contributed by atoms with van der Waals surface area (Å²) in [7, 11) is 1.04. The number of hydrogen-bond acceptors (Lipinski definition) is 9. The molecule has 36 heavy (non-hydrogen) atoms. The van der Waals surface area contributed by atoms with Gasteiger partial charge in [-0.3, -0.25) is 34.1 Å². The van der Waals surface area contributed by atoms with E-state index >= 15 is 0 Å². The summed E-state index contributed by atoms with van der Waals surface area (Å²) >= 11 is 0. The molecule has 0 saturated heterocycles. The number of non-ortho nitro benzene ring substituents is 1. The molecule has 0 radical (unpaired) electrons. The lowest BCUT2D eigenvalue weighted by atomic mass is 10.1. The number of nitro groups is 2. The first-order valence-electron chi connectivity index (χ1n) is 11.4. The number of benzene rings is 1. The Balaban J connectivity index is 2.27. The number of quaternary nitrogens is 1. The molecule has 0 aromatic heterocycles. The van der Waals surface area contributed by atoms with Crippen molar-refractivity contribution in [2.24, 2.45) is 0 Å². The normalized spacial score (nSPS) is 14.1. The first kappa shape index (κ1) is 31.4. The lowest BCUT2D eigenvalue weighted by Gasteiger charge is -2.29. The minimum atomic E-state index is -4.39. The highest BCUT2D eigenvalue weighted by atomic mass is 31.2. The monoisotopic (exact) mass is 536 g/mol. The van der Waals surface area contributed by atoms with Gasteiger partial charge in [-0.05, 0) is 12.8 Å². The van der Waals surface area contributed by atoms with Crippen molar-refractivity contribution in [1.29, 1.82) is 0 Å². The van der Waals surface area contributed by atoms with Gasteiger partial charge in [-0.2, -0.15) is 0 Å². The number of hydrogen-bond donors (Lipinski definition) is 2. The van der Waals surface area contributed by atoms with Gasteiger partial charge < -0.3 is 19.2 Å². The van der Waals surface area contributed by atoms with Gasteiger partial charge in [0.2, 0.25) is 5.75 Å². The first-order chi connectivity index (χ1) is 16.7. The third kappa shape index (κ3) is 13.4. The second-order valence-corrected chi connectivity index (χ2v) is 10.6. The summed E-state index contributed by atoms with van der Waals surface area (Å²) < 4.78 is 27.9. The van der Waals surface area contributed by atoms with Gasteiger partial charge in [0.25, 0.3) is 5.69 Å². The third-order valence-electron chi connectivity index (χ3n) is 4.84. The van der Waals surface area contributed by atoms with Crippen LogP contribution in [0.25, 0.3) is 0 Å². The number of carbonyl (C=O) groups is 1. The second-order valence-electron chi connectivity index (χ2n) is 9.24. The number of nitrogens with zero attached hydrogens (tertiary/aromatic N) is 3. The molecule has 0 heterocycles. The van der Waals surface area contributed by atoms with Crippen LogP contribution in [0.1, 0.15) is 44.9 Å². The van der Waals surface area contributed by atoms with E-state index in [1.54, 1.807) is 0 Å². The van der Waals surface area contributed by atoms with Gasteiger partial charge >= 0.3 is 19.5 Å². The summed E-state index contributed by atoms with van der Waals surface area (Å²) in [4.78, 5) is 41.5. The number of phosphoric ester groups is 1. The van der Waals surface area contributed by atoms with Crippen LogP contribution in [0.15, 0.2) is 18.2 Å². The van der Waals surface area contributed by atoms with E-state index in [9.17, 15) is 34.5 Å². The number of likely N-dealkylation sites (N-methyl/N-ethyl adjacent to an activating group) is 1. The second kappa shape index (κ2) is 14.8. The fourth-order valence-corrected chi connectivity index (χ4v) is 4.25. The highest BCUT2D eigenvalue weighted by molar-refractivity contribution is 7.47. The summed E-state index contributed by atoms with van der Waals surface area (Å²) in [5, 5.41) is 30.9. The molecule has 0 amide bonds. The van der Waals surface area contributed by atoms with Gasteiger partial charge in [0.05, 0.1) is 56.7 Å². The lowest BCUT2D eigenvalue weighted by Crippen LogP contribution is -2.42. The minimum Gasteiger partial charge on any atom is -0.487 e. The Labute approximate surface area is 209 Å². The Kier molecular flexibility index (Phi) is 12.9. The molecular weight excluding hydrogens is 501 g/mol. The van der Waals surface area contributed by atoms with Crippen molar-refractivity contribution in [2.75, 3.05) is 40.9 Å². The number of rotatable bonds is 19. The Morgan fingerprint density at radius 1 is 1.03 bits per heavy atom. The molecule has 0 saturated carbocycles. The fraction of sp³-hybridized carbons (Fsp3) is 0.667. The Morgan fingerprint density at radius 3 is 2.14 bits per heavy atom. The van der Waals surface area contributed by atoms with Crippen molar-refractivity contribution >= 4 is 25.2 Å². The molecular formula is C21H35N3O11P+. The maximum atomic E-state index is 12.2. The van der Waals surface area contributed by atoms with E-state index in [-0.39, 0.29) is 36.9 Å². The summed E-state index contributed by atoms with van der Waals surface area (Å²) in [6.45, 7) is 0.372. The maximum Gasteiger partial charge on any atom is 0.472 e. The molecule has 1 aromatic carbocycles. The largest absolute Gasteiger partial charge is 0.487 e. The highest BCUT2D eigenvalue weighted by Crippen LogP contribution is 2.45. The van der Waals surface area contributed by atoms with E-state index < -0.39 is 36.2 Å². The number of phosphoric acid groups is 1. The van der Waals surface area contributed by atoms with Gasteiger partial charge in [-0.1, -0.05) is 25.7 Å². The molecule has 0 spiro atoms. The summed E-state index contributed by atoms with van der Waals surface area (Å²) in [6.07, 6.45) is 2.81. The smallest absolute Gasteiger partial charge is 0.472 e. The molecule has 204 valence electrons. The minimum absolute atomic E-state index is 0.0164. The van der Waals surface area contributed by atoms with Gasteiger partial charge in [0, 0.05) is 12.1 Å². The molecule has 1 aromatic rings. The topological polar surface area (TPSA) is 189 Å². The number of ether oxygens (including phenoxy) is 1. The molecule has 0 aliphatic heterocycles. The van der Waals surface area contributed by atoms with Gasteiger partial charge in [0.1, 0.15) is 12.6 Å². The van der Waals surface area contributed by atoms with Crippen molar-refractivity contribution < 1.29 is 47.5 Å². The summed E-state index contributed by atoms with van der Waals surface area (Å²) in [6, 6.07) is 3.13. The Morgan fingerprint density at radius 2 is 1.61 bits per heavy atom. The standard InChI is InChI=1S/C21H34N3O11P/c1-24(2,3)16-18(15-21(25)26)35-36(31,32)34-13-9-7-5-4-6-8-12-33-20-14-17(22(27)28)10-11-19(20)23(29)30/h10-11,14,18H,4-9,12-13,15-16H2,1-3H3,(H-,25,26,31,32)/p+1. The molecule has 2 atom stereocenters. The van der Waals surface area contributed by atoms with Crippen molar-refractivity contribution in [1.82, 2.24) is 0 Å². The van der Waals surface area contributed by atoms with E-state index in [1.165, 1.54) is 0 Å². The Hall–Kier alpha value is -2.64. The average Bonchev–Trinajstić information content (AvgIpc) is 2.72. The van der Waals surface area contributed by atoms with Gasteiger partial charge in [-0.25, -0.2) is 4.57 Å². The van der Waals surface area contributed by atoms with Crippen LogP contribution in [-0.4, -0.2) is 77.3 Å². The molecule has 0 aliphatic rings. The van der Waals surface area contributed by atoms with Crippen LogP contribution in [-0.2, 0) is 18.4 Å². The van der Waals surface area contributed by atoms with E-state index in [0.717, 1.165) is 37.5 Å². The zero-order chi connectivity index (χ0) is 27.4. The predicted octanol–water partition coefficient (Wildman–Crippen LogP) is 3.91. The molecule has 2 N–H and O–H groups in total. The quantitative estimate of drug-likeness (QED) is 0.0857. The van der Waals surface area contributed by atoms with Crippen LogP contribution in [0.2, 0.25) is 0 Å². The van der Waals surface area contributed by atoms with E-state index in [4.69, 9.17) is 18.9 Å². The molecule has 0 bridgehead atoms. The predicted molar refractivity (Wildman–Crippen MR) is 129 cm³/mol. The van der Waals surface area contributed by atoms with Gasteiger partial charge in [-0.15, -0.1) is 0 Å². The number of carboxylic acid groups (broad SMARTS) is 1. The molecule has 0 fully saturated rings. The van der Waals surface area contributed by atoms with E-state index in [1.807, 2.05) is 21.1 Å². The van der Waals surface area contributed by atoms with Crippen LogP contribution in [0, 0.1) is 20.2 Å². The van der Waals surface area contributed by atoms with Gasteiger partial charge in [0.15, 0.2) is 0 Å². The number of nitro benzene ring substituents is 2. The zero-order valence-electron chi connectivity index (χ0n) is 20.7. The van der Waals surface area contributed by atoms with E-state index in [0.29, 0.717) is 23.7 Å². The molecule has 15 heteroatoms. The first-order valence-corrected chi connectivity index (χ1v) is 12.9. The van der Waals surface area contributed by atoms with Crippen LogP contribution >= 0.6 is 7.82 Å². The number of carboxylic acids is 1. The lowest BCUT2D eigenvalue weighted by molar-refractivity contribution is -0.873. The third-order valence-corrected chi connectivity index (χ3v) is 5.91. The number of unbranched alkanes of at least 4 members (excludes halogenated alkanes) is 5. The van der Waals surface area contributed by atoms with E-state index in [2.05, 4.69) is 0 Å². The van der Waals surface area contributed by atoms with Crippen LogP contribution in [0.3, 0.4) is 0 Å². The summed E-state index contributed by atoms with van der Waals surface area (Å²) in [5.74, 6) is -1.28. The van der Waals surface area contributed by atoms with Crippen molar-refractivity contribution in [3.63, 3.8) is 0 Å². The molecule has 14 nitrogen and oxygen atoms in total. The fourth-order valence-electron chi connectivity index (χ4n) is 3.32. The molecule has 1 rings (SSSR count). The Bertz CT molecular complexity index is 936. The van der Waals surface area contributed by atoms with Crippen molar-refractivity contribution in [2.45, 2.75) is 51.0 Å². The van der Waals surface area contributed by atoms with Crippen LogP contribution < -0.4 is 4.74 Å². The zero-order valence-corrected chi connectivity index (χ0v) is 21.6.